The van der Waals surface area contributed by atoms with Crippen molar-refractivity contribution in [2.75, 3.05) is 39.8 Å². The number of hydrogen-bond acceptors (Lipinski definition) is 11. The van der Waals surface area contributed by atoms with E-state index in [1.165, 1.54) is 14.0 Å². The molecule has 340 valence electrons. The number of guanidine groups is 5. The van der Waals surface area contributed by atoms with Gasteiger partial charge in [-0.3, -0.25) is 55.8 Å². The molecule has 5 atom stereocenters. The Hall–Kier alpha value is -6.83. The highest BCUT2D eigenvalue weighted by molar-refractivity contribution is 5.96. The Morgan fingerprint density at radius 1 is 0.383 bits per heavy atom. The standard InChI is InChI=1S/C33H67N21O6/c1-18(55)50-20(9-4-14-46-30(36)37)25(57)52-22(11-6-16-48-32(40)41)27(59)54-23(12-7-17-49-33(42)43)28(60)53-21(10-5-15-47-31(38)39)26(58)51-19(24(56)44-2)8-3-13-45-29(34)35/h19-23H,3-17H2,1-2H3,(H,44,56)(H,50,55)(H,51,58)(H,52,57)(H,53,60)(H,54,59)(H4,34,35,45)(H4,36,37,46)(H4,38,39,47)(H4,40,41,48)(H4,42,43,49)/t19-,20-,21?,22?,23-/m0/s1. The summed E-state index contributed by atoms with van der Waals surface area (Å²) in [6, 6.07) is -5.96. The molecule has 0 bridgehead atoms. The van der Waals surface area contributed by atoms with Gasteiger partial charge in [0.15, 0.2) is 29.8 Å². The minimum Gasteiger partial charge on any atom is -0.370 e. The molecule has 6 amide bonds. The van der Waals surface area contributed by atoms with E-state index in [2.05, 4.69) is 58.5 Å². The fourth-order valence-electron chi connectivity index (χ4n) is 5.50. The zero-order valence-electron chi connectivity index (χ0n) is 34.3. The molecule has 0 saturated carbocycles. The number of carbonyl (C=O) groups excluding carboxylic acids is 6. The largest absolute Gasteiger partial charge is 0.370 e. The van der Waals surface area contributed by atoms with E-state index >= 15 is 0 Å². The van der Waals surface area contributed by atoms with Crippen LogP contribution in [0.4, 0.5) is 0 Å². The zero-order chi connectivity index (χ0) is 45.6. The van der Waals surface area contributed by atoms with E-state index in [1.807, 2.05) is 0 Å². The highest BCUT2D eigenvalue weighted by atomic mass is 16.2. The lowest BCUT2D eigenvalue weighted by atomic mass is 10.0. The second-order valence-electron chi connectivity index (χ2n) is 13.5. The van der Waals surface area contributed by atoms with E-state index in [9.17, 15) is 28.8 Å². The van der Waals surface area contributed by atoms with E-state index < -0.39 is 65.7 Å². The molecule has 60 heavy (non-hydrogen) atoms. The first kappa shape index (κ1) is 53.2. The maximum atomic E-state index is 14.0. The van der Waals surface area contributed by atoms with Gasteiger partial charge in [0.05, 0.1) is 0 Å². The number of likely N-dealkylation sites (N-methyl/N-ethyl adjacent to an activating group) is 1. The molecule has 0 aromatic heterocycles. The molecule has 26 N–H and O–H groups in total. The smallest absolute Gasteiger partial charge is 0.243 e. The molecule has 0 aliphatic carbocycles. The first-order valence-corrected chi connectivity index (χ1v) is 19.4. The summed E-state index contributed by atoms with van der Waals surface area (Å²) in [4.78, 5) is 79.9. The van der Waals surface area contributed by atoms with E-state index in [1.54, 1.807) is 0 Å². The number of amides is 6. The highest BCUT2D eigenvalue weighted by Crippen LogP contribution is 2.08. The Morgan fingerprint density at radius 2 is 0.583 bits per heavy atom. The molecule has 0 heterocycles. The van der Waals surface area contributed by atoms with Crippen molar-refractivity contribution >= 4 is 65.2 Å². The molecule has 0 aromatic rings. The van der Waals surface area contributed by atoms with Crippen LogP contribution in [0, 0.1) is 27.0 Å². The SMILES string of the molecule is CNC(=O)[C@H](CCCNC(=N)N)NC(=O)C(CCCNC(=N)N)NC(=O)[C@H](CCCNC(=N)N)NC(=O)C(CCCNC(=N)N)NC(=O)[C@H](CCCNC(=N)N)NC(C)=O. The van der Waals surface area contributed by atoms with Crippen molar-refractivity contribution < 1.29 is 28.8 Å². The van der Waals surface area contributed by atoms with Gasteiger partial charge in [-0.1, -0.05) is 0 Å². The molecule has 0 radical (unpaired) electrons. The summed E-state index contributed by atoms with van der Waals surface area (Å²) in [7, 11) is 1.39. The second-order valence-corrected chi connectivity index (χ2v) is 13.5. The molecule has 0 aromatic carbocycles. The molecule has 2 unspecified atom stereocenters. The van der Waals surface area contributed by atoms with Gasteiger partial charge >= 0.3 is 0 Å². The minimum absolute atomic E-state index is 0.00503. The molecule has 0 spiro atoms. The average molecular weight is 854 g/mol. The normalized spacial score (nSPS) is 12.9. The maximum absolute atomic E-state index is 14.0. The van der Waals surface area contributed by atoms with E-state index in [0.29, 0.717) is 12.8 Å². The van der Waals surface area contributed by atoms with Gasteiger partial charge in [-0.25, -0.2) is 0 Å². The first-order valence-electron chi connectivity index (χ1n) is 19.4. The lowest BCUT2D eigenvalue weighted by Crippen LogP contribution is -2.59. The number of nitrogens with one attached hydrogen (secondary N) is 16. The second kappa shape index (κ2) is 30.3. The fraction of sp³-hybridized carbons (Fsp3) is 0.667. The molecule has 0 aliphatic rings. The van der Waals surface area contributed by atoms with Crippen LogP contribution in [0.3, 0.4) is 0 Å². The topological polar surface area (TPSA) is 484 Å². The van der Waals surface area contributed by atoms with Gasteiger partial charge < -0.3 is 87.2 Å². The predicted octanol–water partition coefficient (Wildman–Crippen LogP) is -6.51. The maximum Gasteiger partial charge on any atom is 0.243 e. The van der Waals surface area contributed by atoms with E-state index in [4.69, 9.17) is 55.7 Å². The van der Waals surface area contributed by atoms with E-state index in [-0.39, 0.29) is 114 Å². The van der Waals surface area contributed by atoms with Gasteiger partial charge in [0.2, 0.25) is 35.4 Å². The number of carbonyl (C=O) groups is 6. The molecule has 0 aliphatic heterocycles. The molecule has 0 saturated heterocycles. The lowest BCUT2D eigenvalue weighted by molar-refractivity contribution is -0.135. The third-order valence-corrected chi connectivity index (χ3v) is 8.40. The van der Waals surface area contributed by atoms with Gasteiger partial charge in [-0.15, -0.1) is 0 Å². The van der Waals surface area contributed by atoms with Crippen molar-refractivity contribution in [2.45, 2.75) is 101 Å². The van der Waals surface area contributed by atoms with Crippen LogP contribution in [-0.4, -0.2) is 135 Å². The first-order chi connectivity index (χ1) is 28.3. The summed E-state index contributed by atoms with van der Waals surface area (Å²) in [5, 5.41) is 65.7. The van der Waals surface area contributed by atoms with Crippen LogP contribution in [-0.2, 0) is 28.8 Å². The van der Waals surface area contributed by atoms with Gasteiger partial charge in [-0.2, -0.15) is 0 Å². The Labute approximate surface area is 349 Å². The predicted molar refractivity (Wildman–Crippen MR) is 225 cm³/mol. The summed E-state index contributed by atoms with van der Waals surface area (Å²) >= 11 is 0. The Kier molecular flexibility index (Phi) is 26.8. The molecular formula is C33H67N21O6. The van der Waals surface area contributed by atoms with Crippen LogP contribution in [0.2, 0.25) is 0 Å². The van der Waals surface area contributed by atoms with Crippen LogP contribution in [0.1, 0.15) is 71.1 Å². The van der Waals surface area contributed by atoms with Crippen LogP contribution in [0.5, 0.6) is 0 Å². The third-order valence-electron chi connectivity index (χ3n) is 8.40. The summed E-state index contributed by atoms with van der Waals surface area (Å²) < 4.78 is 0. The number of rotatable bonds is 30. The summed E-state index contributed by atoms with van der Waals surface area (Å²) in [5.74, 6) is -5.56. The van der Waals surface area contributed by atoms with Crippen LogP contribution in [0.15, 0.2) is 0 Å². The van der Waals surface area contributed by atoms with Crippen molar-refractivity contribution in [3.8, 4) is 0 Å². The summed E-state index contributed by atoms with van der Waals surface area (Å²) in [6.07, 6.45) is 1.52. The van der Waals surface area contributed by atoms with Crippen molar-refractivity contribution in [3.05, 3.63) is 0 Å². The van der Waals surface area contributed by atoms with Gasteiger partial charge in [-0.05, 0) is 64.2 Å². The number of nitrogens with two attached hydrogens (primary N) is 5. The van der Waals surface area contributed by atoms with Gasteiger partial charge in [0.25, 0.3) is 0 Å². The highest BCUT2D eigenvalue weighted by Gasteiger charge is 2.32. The van der Waals surface area contributed by atoms with Gasteiger partial charge in [0.1, 0.15) is 30.2 Å². The third kappa shape index (κ3) is 26.2. The quantitative estimate of drug-likeness (QED) is 0.0181. The fourth-order valence-corrected chi connectivity index (χ4v) is 5.50. The average Bonchev–Trinajstić information content (AvgIpc) is 3.16. The molecule has 0 rings (SSSR count). The number of hydrogen-bond donors (Lipinski definition) is 21. The lowest BCUT2D eigenvalue weighted by Gasteiger charge is -2.27. The molecular weight excluding hydrogens is 787 g/mol. The van der Waals surface area contributed by atoms with Crippen molar-refractivity contribution in [2.24, 2.45) is 28.7 Å². The monoisotopic (exact) mass is 854 g/mol. The van der Waals surface area contributed by atoms with Crippen LogP contribution in [0.25, 0.3) is 0 Å². The Morgan fingerprint density at radius 3 is 0.767 bits per heavy atom. The summed E-state index contributed by atoms with van der Waals surface area (Å²) in [6.45, 7) is 2.14. The summed E-state index contributed by atoms with van der Waals surface area (Å²) in [5.41, 5.74) is 26.9. The van der Waals surface area contributed by atoms with E-state index in [0.717, 1.165) is 0 Å². The van der Waals surface area contributed by atoms with Crippen molar-refractivity contribution in [1.82, 2.24) is 58.5 Å². The zero-order valence-corrected chi connectivity index (χ0v) is 34.3. The Balaban J connectivity index is 6.52. The van der Waals surface area contributed by atoms with Gasteiger partial charge in [0, 0.05) is 46.7 Å². The van der Waals surface area contributed by atoms with Crippen molar-refractivity contribution in [1.29, 1.82) is 27.0 Å². The molecule has 27 nitrogen and oxygen atoms in total. The van der Waals surface area contributed by atoms with Crippen molar-refractivity contribution in [3.63, 3.8) is 0 Å². The van der Waals surface area contributed by atoms with Crippen LogP contribution < -0.4 is 87.2 Å². The molecule has 27 heteroatoms. The minimum atomic E-state index is -1.32. The molecule has 0 fully saturated rings. The Bertz CT molecular complexity index is 1480. The van der Waals surface area contributed by atoms with Crippen LogP contribution >= 0.6 is 0 Å².